The number of ether oxygens (including phenoxy) is 1. The Morgan fingerprint density at radius 1 is 1.10 bits per heavy atom. The monoisotopic (exact) mass is 283 g/mol. The Morgan fingerprint density at radius 3 is 2.43 bits per heavy atom. The van der Waals surface area contributed by atoms with Gasteiger partial charge in [-0.05, 0) is 42.3 Å². The summed E-state index contributed by atoms with van der Waals surface area (Å²) in [6.07, 6.45) is 0.189. The summed E-state index contributed by atoms with van der Waals surface area (Å²) in [4.78, 5) is 22.8. The van der Waals surface area contributed by atoms with Crippen LogP contribution in [0.2, 0.25) is 0 Å². The highest BCUT2D eigenvalue weighted by Crippen LogP contribution is 2.14. The molecule has 0 saturated carbocycles. The van der Waals surface area contributed by atoms with Crippen LogP contribution in [0.15, 0.2) is 48.5 Å². The smallest absolute Gasteiger partial charge is 0.315 e. The van der Waals surface area contributed by atoms with Gasteiger partial charge in [-0.2, -0.15) is 0 Å². The van der Waals surface area contributed by atoms with Crippen molar-refractivity contribution in [2.24, 2.45) is 0 Å². The molecule has 0 fully saturated rings. The molecule has 2 aromatic rings. The fourth-order valence-electron chi connectivity index (χ4n) is 1.92. The second-order valence-electron chi connectivity index (χ2n) is 4.85. The summed E-state index contributed by atoms with van der Waals surface area (Å²) < 4.78 is 5.29. The van der Waals surface area contributed by atoms with Gasteiger partial charge >= 0.3 is 5.97 Å². The van der Waals surface area contributed by atoms with E-state index in [-0.39, 0.29) is 18.3 Å². The van der Waals surface area contributed by atoms with Crippen LogP contribution in [-0.4, -0.2) is 11.9 Å². The topological polar surface area (TPSA) is 55.4 Å². The first-order chi connectivity index (χ1) is 10.0. The number of rotatable bonds is 4. The quantitative estimate of drug-likeness (QED) is 0.693. The molecule has 0 aromatic heterocycles. The number of hydrogen-bond donors (Lipinski definition) is 1. The van der Waals surface area contributed by atoms with Crippen molar-refractivity contribution in [3.05, 3.63) is 59.7 Å². The van der Waals surface area contributed by atoms with E-state index in [2.05, 4.69) is 5.32 Å². The van der Waals surface area contributed by atoms with Crippen LogP contribution in [0.3, 0.4) is 0 Å². The average Bonchev–Trinajstić information content (AvgIpc) is 2.40. The van der Waals surface area contributed by atoms with Crippen LogP contribution < -0.4 is 10.1 Å². The molecule has 2 rings (SSSR count). The SMILES string of the molecule is CC(=O)Nc1ccc(CC(=O)Oc2cccc(C)c2)cc1. The van der Waals surface area contributed by atoms with Crippen molar-refractivity contribution in [2.45, 2.75) is 20.3 Å². The third-order valence-corrected chi connectivity index (χ3v) is 2.84. The lowest BCUT2D eigenvalue weighted by Gasteiger charge is -2.06. The molecule has 2 aromatic carbocycles. The van der Waals surface area contributed by atoms with Crippen molar-refractivity contribution in [3.8, 4) is 5.75 Å². The van der Waals surface area contributed by atoms with Gasteiger partial charge in [0, 0.05) is 12.6 Å². The van der Waals surface area contributed by atoms with Crippen LogP contribution in [0.1, 0.15) is 18.1 Å². The molecule has 1 N–H and O–H groups in total. The van der Waals surface area contributed by atoms with Gasteiger partial charge in [-0.15, -0.1) is 0 Å². The summed E-state index contributed by atoms with van der Waals surface area (Å²) in [6, 6.07) is 14.5. The van der Waals surface area contributed by atoms with E-state index in [0.29, 0.717) is 11.4 Å². The highest BCUT2D eigenvalue weighted by Gasteiger charge is 2.07. The molecule has 0 unspecified atom stereocenters. The molecular weight excluding hydrogens is 266 g/mol. The Morgan fingerprint density at radius 2 is 1.81 bits per heavy atom. The van der Waals surface area contributed by atoms with Gasteiger partial charge in [0.1, 0.15) is 5.75 Å². The number of hydrogen-bond acceptors (Lipinski definition) is 3. The van der Waals surface area contributed by atoms with E-state index in [1.807, 2.05) is 25.1 Å². The van der Waals surface area contributed by atoms with E-state index >= 15 is 0 Å². The molecule has 0 bridgehead atoms. The number of nitrogens with one attached hydrogen (secondary N) is 1. The molecule has 0 spiro atoms. The summed E-state index contributed by atoms with van der Waals surface area (Å²) in [5, 5.41) is 2.68. The standard InChI is InChI=1S/C17H17NO3/c1-12-4-3-5-16(10-12)21-17(20)11-14-6-8-15(9-7-14)18-13(2)19/h3-10H,11H2,1-2H3,(H,18,19). The fourth-order valence-corrected chi connectivity index (χ4v) is 1.92. The van der Waals surface area contributed by atoms with Gasteiger partial charge in [-0.3, -0.25) is 9.59 Å². The van der Waals surface area contributed by atoms with E-state index in [1.165, 1.54) is 6.92 Å². The number of carbonyl (C=O) groups is 2. The van der Waals surface area contributed by atoms with E-state index in [9.17, 15) is 9.59 Å². The maximum absolute atomic E-state index is 11.9. The second kappa shape index (κ2) is 6.70. The molecule has 21 heavy (non-hydrogen) atoms. The number of carbonyl (C=O) groups excluding carboxylic acids is 2. The van der Waals surface area contributed by atoms with Gasteiger partial charge in [0.2, 0.25) is 5.91 Å². The van der Waals surface area contributed by atoms with Crippen molar-refractivity contribution in [3.63, 3.8) is 0 Å². The Balaban J connectivity index is 1.95. The molecule has 4 nitrogen and oxygen atoms in total. The summed E-state index contributed by atoms with van der Waals surface area (Å²) in [5.41, 5.74) is 2.58. The Bertz CT molecular complexity index is 647. The third-order valence-electron chi connectivity index (χ3n) is 2.84. The van der Waals surface area contributed by atoms with Gasteiger partial charge < -0.3 is 10.1 Å². The number of benzene rings is 2. The molecule has 0 aliphatic rings. The highest BCUT2D eigenvalue weighted by molar-refractivity contribution is 5.88. The molecule has 0 saturated heterocycles. The summed E-state index contributed by atoms with van der Waals surface area (Å²) in [7, 11) is 0. The molecule has 0 atom stereocenters. The molecular formula is C17H17NO3. The van der Waals surface area contributed by atoms with E-state index in [4.69, 9.17) is 4.74 Å². The van der Waals surface area contributed by atoms with Crippen LogP contribution in [-0.2, 0) is 16.0 Å². The van der Waals surface area contributed by atoms with Gasteiger partial charge in [-0.1, -0.05) is 24.3 Å². The fraction of sp³-hybridized carbons (Fsp3) is 0.176. The van der Waals surface area contributed by atoms with Gasteiger partial charge in [0.15, 0.2) is 0 Å². The molecule has 0 radical (unpaired) electrons. The first kappa shape index (κ1) is 14.8. The van der Waals surface area contributed by atoms with Crippen LogP contribution in [0.5, 0.6) is 5.75 Å². The van der Waals surface area contributed by atoms with Gasteiger partial charge in [0.25, 0.3) is 0 Å². The number of aryl methyl sites for hydroxylation is 1. The van der Waals surface area contributed by atoms with Crippen molar-refractivity contribution in [1.29, 1.82) is 0 Å². The second-order valence-corrected chi connectivity index (χ2v) is 4.85. The number of amides is 1. The largest absolute Gasteiger partial charge is 0.426 e. The Hall–Kier alpha value is -2.62. The van der Waals surface area contributed by atoms with Crippen LogP contribution in [0, 0.1) is 6.92 Å². The Labute approximate surface area is 123 Å². The molecule has 4 heteroatoms. The maximum Gasteiger partial charge on any atom is 0.315 e. The lowest BCUT2D eigenvalue weighted by Crippen LogP contribution is -2.11. The zero-order valence-corrected chi connectivity index (χ0v) is 12.1. The number of anilines is 1. The van der Waals surface area contributed by atoms with E-state index in [1.54, 1.807) is 30.3 Å². The molecule has 0 aliphatic carbocycles. The van der Waals surface area contributed by atoms with Crippen molar-refractivity contribution in [1.82, 2.24) is 0 Å². The number of esters is 1. The van der Waals surface area contributed by atoms with E-state index in [0.717, 1.165) is 11.1 Å². The summed E-state index contributed by atoms with van der Waals surface area (Å²) >= 11 is 0. The molecule has 0 aliphatic heterocycles. The molecule has 108 valence electrons. The first-order valence-electron chi connectivity index (χ1n) is 6.67. The minimum Gasteiger partial charge on any atom is -0.426 e. The normalized spacial score (nSPS) is 10.0. The lowest BCUT2D eigenvalue weighted by atomic mass is 10.1. The predicted molar refractivity (Wildman–Crippen MR) is 81.3 cm³/mol. The lowest BCUT2D eigenvalue weighted by molar-refractivity contribution is -0.133. The van der Waals surface area contributed by atoms with Crippen LogP contribution in [0.25, 0.3) is 0 Å². The highest BCUT2D eigenvalue weighted by atomic mass is 16.5. The van der Waals surface area contributed by atoms with Crippen LogP contribution in [0.4, 0.5) is 5.69 Å². The third kappa shape index (κ3) is 4.76. The summed E-state index contributed by atoms with van der Waals surface area (Å²) in [5.74, 6) is 0.115. The molecule has 0 heterocycles. The van der Waals surface area contributed by atoms with Crippen molar-refractivity contribution in [2.75, 3.05) is 5.32 Å². The van der Waals surface area contributed by atoms with Crippen molar-refractivity contribution >= 4 is 17.6 Å². The van der Waals surface area contributed by atoms with Crippen LogP contribution >= 0.6 is 0 Å². The first-order valence-corrected chi connectivity index (χ1v) is 6.67. The van der Waals surface area contributed by atoms with Gasteiger partial charge in [-0.25, -0.2) is 0 Å². The predicted octanol–water partition coefficient (Wildman–Crippen LogP) is 3.10. The van der Waals surface area contributed by atoms with E-state index < -0.39 is 0 Å². The maximum atomic E-state index is 11.9. The minimum atomic E-state index is -0.312. The Kier molecular flexibility index (Phi) is 4.72. The van der Waals surface area contributed by atoms with Gasteiger partial charge in [0.05, 0.1) is 6.42 Å². The molecule has 1 amide bonds. The van der Waals surface area contributed by atoms with Crippen molar-refractivity contribution < 1.29 is 14.3 Å². The zero-order chi connectivity index (χ0) is 15.2. The zero-order valence-electron chi connectivity index (χ0n) is 12.1. The minimum absolute atomic E-state index is 0.124. The average molecular weight is 283 g/mol. The summed E-state index contributed by atoms with van der Waals surface area (Å²) in [6.45, 7) is 3.39.